The highest BCUT2D eigenvalue weighted by molar-refractivity contribution is 5.81. The first kappa shape index (κ1) is 21.9. The van der Waals surface area contributed by atoms with Crippen LogP contribution in [0.2, 0.25) is 0 Å². The van der Waals surface area contributed by atoms with Gasteiger partial charge in [0.2, 0.25) is 0 Å². The zero-order valence-electron chi connectivity index (χ0n) is 17.3. The zero-order valence-corrected chi connectivity index (χ0v) is 17.3. The molecular weight excluding hydrogens is 394 g/mol. The van der Waals surface area contributed by atoms with Gasteiger partial charge >= 0.3 is 5.97 Å². The van der Waals surface area contributed by atoms with Crippen molar-refractivity contribution in [3.8, 4) is 11.5 Å². The molecule has 0 saturated carbocycles. The topological polar surface area (TPSA) is 73.9 Å². The van der Waals surface area contributed by atoms with Crippen LogP contribution >= 0.6 is 0 Å². The second kappa shape index (κ2) is 11.4. The van der Waals surface area contributed by atoms with E-state index in [0.29, 0.717) is 12.4 Å². The summed E-state index contributed by atoms with van der Waals surface area (Å²) in [6.45, 7) is 1.80. The minimum Gasteiger partial charge on any atom is -0.494 e. The molecule has 3 aromatic rings. The van der Waals surface area contributed by atoms with Gasteiger partial charge in [-0.15, -0.1) is 0 Å². The molecule has 0 aliphatic heterocycles. The molecule has 0 bridgehead atoms. The summed E-state index contributed by atoms with van der Waals surface area (Å²) in [4.78, 5) is 24.4. The summed E-state index contributed by atoms with van der Waals surface area (Å²) in [7, 11) is 0. The third kappa shape index (κ3) is 6.89. The molecule has 0 aromatic heterocycles. The van der Waals surface area contributed by atoms with Gasteiger partial charge in [0.05, 0.1) is 12.6 Å². The smallest absolute Gasteiger partial charge is 0.344 e. The number of ether oxygens (including phenoxy) is 3. The SMILES string of the molecule is CCOc1ccc(OCC(=O)OCC(=O)NC(c2ccccc2)c2ccccc2)cc1. The molecular formula is C25H25NO5. The van der Waals surface area contributed by atoms with Crippen LogP contribution < -0.4 is 14.8 Å². The Balaban J connectivity index is 1.50. The van der Waals surface area contributed by atoms with Gasteiger partial charge in [-0.25, -0.2) is 4.79 Å². The number of carbonyl (C=O) groups is 2. The van der Waals surface area contributed by atoms with Gasteiger partial charge in [-0.2, -0.15) is 0 Å². The number of rotatable bonds is 10. The Morgan fingerprint density at radius 2 is 1.26 bits per heavy atom. The normalized spacial score (nSPS) is 10.4. The highest BCUT2D eigenvalue weighted by Gasteiger charge is 2.17. The summed E-state index contributed by atoms with van der Waals surface area (Å²) in [5.41, 5.74) is 1.87. The van der Waals surface area contributed by atoms with Crippen molar-refractivity contribution in [3.05, 3.63) is 96.1 Å². The highest BCUT2D eigenvalue weighted by Crippen LogP contribution is 2.21. The van der Waals surface area contributed by atoms with E-state index in [1.165, 1.54) is 0 Å². The van der Waals surface area contributed by atoms with Crippen LogP contribution in [0, 0.1) is 0 Å². The van der Waals surface area contributed by atoms with Gasteiger partial charge in [0.15, 0.2) is 13.2 Å². The first-order valence-electron chi connectivity index (χ1n) is 10.1. The number of nitrogens with one attached hydrogen (secondary N) is 1. The van der Waals surface area contributed by atoms with E-state index in [1.807, 2.05) is 67.6 Å². The van der Waals surface area contributed by atoms with Crippen molar-refractivity contribution in [1.29, 1.82) is 0 Å². The third-order valence-electron chi connectivity index (χ3n) is 4.43. The van der Waals surface area contributed by atoms with Gasteiger partial charge in [-0.05, 0) is 42.3 Å². The van der Waals surface area contributed by atoms with Gasteiger partial charge in [0, 0.05) is 0 Å². The lowest BCUT2D eigenvalue weighted by atomic mass is 9.99. The molecule has 1 N–H and O–H groups in total. The number of hydrogen-bond donors (Lipinski definition) is 1. The fourth-order valence-corrected chi connectivity index (χ4v) is 2.98. The monoisotopic (exact) mass is 419 g/mol. The van der Waals surface area contributed by atoms with Gasteiger partial charge < -0.3 is 19.5 Å². The van der Waals surface area contributed by atoms with Crippen LogP contribution in [0.1, 0.15) is 24.1 Å². The largest absolute Gasteiger partial charge is 0.494 e. The summed E-state index contributed by atoms with van der Waals surface area (Å²) in [5.74, 6) is 0.214. The fourth-order valence-electron chi connectivity index (χ4n) is 2.98. The Labute approximate surface area is 181 Å². The molecule has 0 fully saturated rings. The molecule has 31 heavy (non-hydrogen) atoms. The molecule has 0 aliphatic rings. The highest BCUT2D eigenvalue weighted by atomic mass is 16.6. The average Bonchev–Trinajstić information content (AvgIpc) is 2.82. The first-order chi connectivity index (χ1) is 15.2. The Morgan fingerprint density at radius 1 is 0.742 bits per heavy atom. The van der Waals surface area contributed by atoms with Crippen LogP contribution in [-0.4, -0.2) is 31.7 Å². The molecule has 6 heteroatoms. The number of hydrogen-bond acceptors (Lipinski definition) is 5. The lowest BCUT2D eigenvalue weighted by molar-refractivity contribution is -0.150. The van der Waals surface area contributed by atoms with Gasteiger partial charge in [0.25, 0.3) is 5.91 Å². The first-order valence-corrected chi connectivity index (χ1v) is 10.1. The number of esters is 1. The Hall–Kier alpha value is -3.80. The van der Waals surface area contributed by atoms with E-state index in [-0.39, 0.29) is 19.3 Å². The lowest BCUT2D eigenvalue weighted by Crippen LogP contribution is -2.33. The summed E-state index contributed by atoms with van der Waals surface area (Å²) in [5, 5.41) is 2.93. The molecule has 0 heterocycles. The predicted molar refractivity (Wildman–Crippen MR) is 117 cm³/mol. The third-order valence-corrected chi connectivity index (χ3v) is 4.43. The van der Waals surface area contributed by atoms with E-state index < -0.39 is 11.9 Å². The second-order valence-electron chi connectivity index (χ2n) is 6.68. The van der Waals surface area contributed by atoms with E-state index >= 15 is 0 Å². The van der Waals surface area contributed by atoms with Gasteiger partial charge in [0.1, 0.15) is 11.5 Å². The van der Waals surface area contributed by atoms with E-state index in [4.69, 9.17) is 14.2 Å². The van der Waals surface area contributed by atoms with E-state index in [9.17, 15) is 9.59 Å². The molecule has 1 amide bonds. The minimum atomic E-state index is -0.625. The van der Waals surface area contributed by atoms with Crippen molar-refractivity contribution < 1.29 is 23.8 Å². The standard InChI is InChI=1S/C25H25NO5/c1-2-29-21-13-15-22(16-14-21)30-18-24(28)31-17-23(27)26-25(19-9-5-3-6-10-19)20-11-7-4-8-12-20/h3-16,25H,2,17-18H2,1H3,(H,26,27). The van der Waals surface area contributed by atoms with Crippen LogP contribution in [0.15, 0.2) is 84.9 Å². The molecule has 6 nitrogen and oxygen atoms in total. The predicted octanol–water partition coefficient (Wildman–Crippen LogP) is 3.91. The van der Waals surface area contributed by atoms with Crippen LogP contribution in [0.5, 0.6) is 11.5 Å². The van der Waals surface area contributed by atoms with Crippen LogP contribution in [0.4, 0.5) is 0 Å². The van der Waals surface area contributed by atoms with Crippen molar-refractivity contribution >= 4 is 11.9 Å². The van der Waals surface area contributed by atoms with Crippen LogP contribution in [0.25, 0.3) is 0 Å². The second-order valence-corrected chi connectivity index (χ2v) is 6.68. The molecule has 0 spiro atoms. The molecule has 3 aromatic carbocycles. The van der Waals surface area contributed by atoms with Gasteiger partial charge in [-0.1, -0.05) is 60.7 Å². The molecule has 0 saturated heterocycles. The van der Waals surface area contributed by atoms with Crippen molar-refractivity contribution in [1.82, 2.24) is 5.32 Å². The maximum absolute atomic E-state index is 12.4. The van der Waals surface area contributed by atoms with Crippen LogP contribution in [-0.2, 0) is 14.3 Å². The van der Waals surface area contributed by atoms with Crippen LogP contribution in [0.3, 0.4) is 0 Å². The Morgan fingerprint density at radius 3 is 1.77 bits per heavy atom. The van der Waals surface area contributed by atoms with Crippen molar-refractivity contribution in [2.24, 2.45) is 0 Å². The average molecular weight is 419 g/mol. The van der Waals surface area contributed by atoms with Crippen molar-refractivity contribution in [2.75, 3.05) is 19.8 Å². The molecule has 0 atom stereocenters. The summed E-state index contributed by atoms with van der Waals surface area (Å²) < 4.78 is 15.8. The molecule has 0 radical (unpaired) electrons. The zero-order chi connectivity index (χ0) is 21.9. The Bertz CT molecular complexity index is 919. The van der Waals surface area contributed by atoms with E-state index in [0.717, 1.165) is 16.9 Å². The maximum atomic E-state index is 12.4. The fraction of sp³-hybridized carbons (Fsp3) is 0.200. The summed E-state index contributed by atoms with van der Waals surface area (Å²) in [6, 6.07) is 25.8. The maximum Gasteiger partial charge on any atom is 0.344 e. The Kier molecular flexibility index (Phi) is 8.05. The quantitative estimate of drug-likeness (QED) is 0.505. The molecule has 160 valence electrons. The van der Waals surface area contributed by atoms with Gasteiger partial charge in [-0.3, -0.25) is 4.79 Å². The minimum absolute atomic E-state index is 0.290. The van der Waals surface area contributed by atoms with Crippen molar-refractivity contribution in [3.63, 3.8) is 0 Å². The molecule has 0 aliphatic carbocycles. The number of benzene rings is 3. The van der Waals surface area contributed by atoms with E-state index in [2.05, 4.69) is 5.32 Å². The summed E-state index contributed by atoms with van der Waals surface area (Å²) in [6.07, 6.45) is 0. The molecule has 0 unspecified atom stereocenters. The number of amides is 1. The summed E-state index contributed by atoms with van der Waals surface area (Å²) >= 11 is 0. The lowest BCUT2D eigenvalue weighted by Gasteiger charge is -2.20. The van der Waals surface area contributed by atoms with Crippen molar-refractivity contribution in [2.45, 2.75) is 13.0 Å². The molecule has 3 rings (SSSR count). The van der Waals surface area contributed by atoms with E-state index in [1.54, 1.807) is 24.3 Å². The number of carbonyl (C=O) groups excluding carboxylic acids is 2.